The summed E-state index contributed by atoms with van der Waals surface area (Å²) >= 11 is 0. The highest BCUT2D eigenvalue weighted by Gasteiger charge is 2.17. The highest BCUT2D eigenvalue weighted by Crippen LogP contribution is 2.18. The number of benzene rings is 2. The fourth-order valence-electron chi connectivity index (χ4n) is 1.75. The first-order valence-corrected chi connectivity index (χ1v) is 5.86. The highest BCUT2D eigenvalue weighted by atomic mass is 19.1. The summed E-state index contributed by atoms with van der Waals surface area (Å²) in [5, 5.41) is 20.0. The largest absolute Gasteiger partial charge is 0.478 e. The van der Waals surface area contributed by atoms with E-state index in [-0.39, 0.29) is 22.4 Å². The molecule has 2 aromatic rings. The second kappa shape index (κ2) is 5.84. The van der Waals surface area contributed by atoms with Gasteiger partial charge in [-0.05, 0) is 30.3 Å². The van der Waals surface area contributed by atoms with Crippen LogP contribution in [0, 0.1) is 17.1 Å². The van der Waals surface area contributed by atoms with Gasteiger partial charge in [0.1, 0.15) is 5.82 Å². The van der Waals surface area contributed by atoms with Gasteiger partial charge >= 0.3 is 5.97 Å². The monoisotopic (exact) mass is 284 g/mol. The van der Waals surface area contributed by atoms with E-state index >= 15 is 0 Å². The summed E-state index contributed by atoms with van der Waals surface area (Å²) in [5.74, 6) is -2.73. The average Bonchev–Trinajstić information content (AvgIpc) is 2.49. The number of hydrogen-bond donors (Lipinski definition) is 2. The second-order valence-electron chi connectivity index (χ2n) is 4.11. The van der Waals surface area contributed by atoms with Gasteiger partial charge in [0.15, 0.2) is 0 Å². The minimum absolute atomic E-state index is 0.0910. The van der Waals surface area contributed by atoms with E-state index in [1.54, 1.807) is 0 Å². The Hall–Kier alpha value is -3.20. The topological polar surface area (TPSA) is 90.2 Å². The molecule has 0 heterocycles. The van der Waals surface area contributed by atoms with E-state index in [4.69, 9.17) is 10.4 Å². The first kappa shape index (κ1) is 14.2. The first-order valence-electron chi connectivity index (χ1n) is 5.86. The van der Waals surface area contributed by atoms with Crippen LogP contribution in [-0.2, 0) is 0 Å². The Kier molecular flexibility index (Phi) is 3.95. The van der Waals surface area contributed by atoms with Crippen LogP contribution >= 0.6 is 0 Å². The number of rotatable bonds is 3. The lowest BCUT2D eigenvalue weighted by molar-refractivity contribution is 0.0692. The molecule has 6 heteroatoms. The van der Waals surface area contributed by atoms with Gasteiger partial charge in [0.25, 0.3) is 5.91 Å². The van der Waals surface area contributed by atoms with Crippen LogP contribution in [0.25, 0.3) is 0 Å². The molecule has 0 saturated carbocycles. The van der Waals surface area contributed by atoms with Gasteiger partial charge in [0.05, 0.1) is 28.4 Å². The van der Waals surface area contributed by atoms with Gasteiger partial charge in [-0.25, -0.2) is 9.18 Å². The maximum absolute atomic E-state index is 13.6. The third kappa shape index (κ3) is 3.04. The van der Waals surface area contributed by atoms with Gasteiger partial charge < -0.3 is 10.4 Å². The molecule has 0 spiro atoms. The average molecular weight is 284 g/mol. The lowest BCUT2D eigenvalue weighted by atomic mass is 10.1. The minimum atomic E-state index is -1.26. The first-order chi connectivity index (χ1) is 10.0. The molecule has 104 valence electrons. The molecule has 2 aromatic carbocycles. The number of aromatic carboxylic acids is 1. The summed E-state index contributed by atoms with van der Waals surface area (Å²) < 4.78 is 13.6. The van der Waals surface area contributed by atoms with Gasteiger partial charge in [0.2, 0.25) is 0 Å². The molecule has 1 amide bonds. The number of amides is 1. The number of nitrogens with zero attached hydrogens (tertiary/aromatic N) is 1. The van der Waals surface area contributed by atoms with Crippen LogP contribution in [0.2, 0.25) is 0 Å². The molecule has 0 fully saturated rings. The molecule has 0 aromatic heterocycles. The molecule has 0 saturated heterocycles. The number of nitriles is 1. The van der Waals surface area contributed by atoms with Crippen LogP contribution in [0.15, 0.2) is 42.5 Å². The van der Waals surface area contributed by atoms with E-state index in [9.17, 15) is 14.0 Å². The molecule has 5 nitrogen and oxygen atoms in total. The van der Waals surface area contributed by atoms with Crippen molar-refractivity contribution in [1.82, 2.24) is 0 Å². The van der Waals surface area contributed by atoms with Gasteiger partial charge in [-0.15, -0.1) is 0 Å². The van der Waals surface area contributed by atoms with Crippen LogP contribution in [0.1, 0.15) is 26.3 Å². The van der Waals surface area contributed by atoms with Gasteiger partial charge in [-0.2, -0.15) is 5.26 Å². The second-order valence-corrected chi connectivity index (χ2v) is 4.11. The van der Waals surface area contributed by atoms with Crippen LogP contribution < -0.4 is 5.32 Å². The van der Waals surface area contributed by atoms with Crippen molar-refractivity contribution in [3.8, 4) is 6.07 Å². The summed E-state index contributed by atoms with van der Waals surface area (Å²) in [7, 11) is 0. The Morgan fingerprint density at radius 2 is 1.81 bits per heavy atom. The third-order valence-corrected chi connectivity index (χ3v) is 2.75. The molecule has 21 heavy (non-hydrogen) atoms. The molecule has 0 radical (unpaired) electrons. The maximum atomic E-state index is 13.6. The molecule has 0 aliphatic heterocycles. The quantitative estimate of drug-likeness (QED) is 0.906. The smallest absolute Gasteiger partial charge is 0.336 e. The molecular weight excluding hydrogens is 275 g/mol. The normalized spacial score (nSPS) is 9.71. The molecule has 0 unspecified atom stereocenters. The molecule has 2 rings (SSSR count). The van der Waals surface area contributed by atoms with Crippen molar-refractivity contribution in [3.63, 3.8) is 0 Å². The zero-order chi connectivity index (χ0) is 15.4. The standard InChI is InChI=1S/C15H9FN2O3/c16-12-6-5-9(8-17)7-13(12)18-14(19)10-3-1-2-4-11(10)15(20)21/h1-7H,(H,18,19)(H,20,21). The number of anilines is 1. The van der Waals surface area contributed by atoms with Crippen molar-refractivity contribution in [2.75, 3.05) is 5.32 Å². The van der Waals surface area contributed by atoms with Gasteiger partial charge in [-0.3, -0.25) is 4.79 Å². The summed E-state index contributed by atoms with van der Waals surface area (Å²) in [4.78, 5) is 23.1. The molecule has 0 bridgehead atoms. The Bertz CT molecular complexity index is 766. The Morgan fingerprint density at radius 3 is 2.43 bits per heavy atom. The van der Waals surface area contributed by atoms with Crippen molar-refractivity contribution >= 4 is 17.6 Å². The fraction of sp³-hybridized carbons (Fsp3) is 0. The van der Waals surface area contributed by atoms with E-state index in [1.165, 1.54) is 36.4 Å². The predicted molar refractivity (Wildman–Crippen MR) is 72.5 cm³/mol. The van der Waals surface area contributed by atoms with E-state index in [0.717, 1.165) is 6.07 Å². The van der Waals surface area contributed by atoms with Gasteiger partial charge in [-0.1, -0.05) is 12.1 Å². The summed E-state index contributed by atoms with van der Waals surface area (Å²) in [6, 6.07) is 10.9. The predicted octanol–water partition coefficient (Wildman–Crippen LogP) is 2.65. The molecule has 2 N–H and O–H groups in total. The number of carboxylic acids is 1. The Labute approximate surface area is 119 Å². The molecular formula is C15H9FN2O3. The fourth-order valence-corrected chi connectivity index (χ4v) is 1.75. The number of nitrogens with one attached hydrogen (secondary N) is 1. The van der Waals surface area contributed by atoms with E-state index in [1.807, 2.05) is 6.07 Å². The number of hydrogen-bond acceptors (Lipinski definition) is 3. The molecule has 0 aliphatic rings. The van der Waals surface area contributed by atoms with Crippen LogP contribution in [0.3, 0.4) is 0 Å². The Balaban J connectivity index is 2.35. The van der Waals surface area contributed by atoms with Crippen molar-refractivity contribution in [3.05, 3.63) is 65.0 Å². The summed E-state index contributed by atoms with van der Waals surface area (Å²) in [6.07, 6.45) is 0. The maximum Gasteiger partial charge on any atom is 0.336 e. The van der Waals surface area contributed by atoms with Crippen LogP contribution in [0.5, 0.6) is 0 Å². The van der Waals surface area contributed by atoms with E-state index in [2.05, 4.69) is 5.32 Å². The Morgan fingerprint density at radius 1 is 1.14 bits per heavy atom. The number of carboxylic acid groups (broad SMARTS) is 1. The van der Waals surface area contributed by atoms with Crippen molar-refractivity contribution in [1.29, 1.82) is 5.26 Å². The third-order valence-electron chi connectivity index (χ3n) is 2.75. The van der Waals surface area contributed by atoms with Crippen LogP contribution in [-0.4, -0.2) is 17.0 Å². The van der Waals surface area contributed by atoms with Crippen LogP contribution in [0.4, 0.5) is 10.1 Å². The number of halogens is 1. The van der Waals surface area contributed by atoms with Crippen molar-refractivity contribution in [2.45, 2.75) is 0 Å². The van der Waals surface area contributed by atoms with E-state index < -0.39 is 17.7 Å². The number of carbonyl (C=O) groups excluding carboxylic acids is 1. The number of carbonyl (C=O) groups is 2. The van der Waals surface area contributed by atoms with Crippen molar-refractivity contribution in [2.24, 2.45) is 0 Å². The summed E-state index contributed by atoms with van der Waals surface area (Å²) in [6.45, 7) is 0. The van der Waals surface area contributed by atoms with Crippen molar-refractivity contribution < 1.29 is 19.1 Å². The minimum Gasteiger partial charge on any atom is -0.478 e. The van der Waals surface area contributed by atoms with Gasteiger partial charge in [0, 0.05) is 0 Å². The lowest BCUT2D eigenvalue weighted by Crippen LogP contribution is -2.17. The summed E-state index contributed by atoms with van der Waals surface area (Å²) in [5.41, 5.74) is -0.281. The lowest BCUT2D eigenvalue weighted by Gasteiger charge is -2.08. The highest BCUT2D eigenvalue weighted by molar-refractivity contribution is 6.10. The zero-order valence-corrected chi connectivity index (χ0v) is 10.6. The SMILES string of the molecule is N#Cc1ccc(F)c(NC(=O)c2ccccc2C(=O)O)c1. The zero-order valence-electron chi connectivity index (χ0n) is 10.6. The molecule has 0 atom stereocenters. The van der Waals surface area contributed by atoms with E-state index in [0.29, 0.717) is 0 Å². The molecule has 0 aliphatic carbocycles.